The molecule has 0 saturated heterocycles. The van der Waals surface area contributed by atoms with Crippen LogP contribution in [-0.2, 0) is 23.5 Å². The summed E-state index contributed by atoms with van der Waals surface area (Å²) in [7, 11) is -2.83. The molecule has 0 aliphatic carbocycles. The lowest BCUT2D eigenvalue weighted by molar-refractivity contribution is -0.0508. The van der Waals surface area contributed by atoms with Gasteiger partial charge in [0.05, 0.1) is 24.9 Å². The van der Waals surface area contributed by atoms with Crippen LogP contribution in [0.25, 0.3) is 0 Å². The van der Waals surface area contributed by atoms with Crippen LogP contribution in [0.15, 0.2) is 0 Å². The fourth-order valence-corrected chi connectivity index (χ4v) is 3.97. The minimum Gasteiger partial charge on any atom is -0.375 e. The van der Waals surface area contributed by atoms with Crippen molar-refractivity contribution in [2.45, 2.75) is 129 Å². The van der Waals surface area contributed by atoms with E-state index in [0.717, 1.165) is 13.5 Å². The van der Waals surface area contributed by atoms with Crippen LogP contribution >= 0.6 is 0 Å². The molecule has 0 fully saturated rings. The van der Waals surface area contributed by atoms with Crippen molar-refractivity contribution in [3.63, 3.8) is 0 Å². The van der Waals surface area contributed by atoms with Crippen molar-refractivity contribution in [1.29, 1.82) is 0 Å². The third-order valence-electron chi connectivity index (χ3n) is 5.51. The maximum absolute atomic E-state index is 11.6. The lowest BCUT2D eigenvalue weighted by atomic mass is 9.97. The SMILES string of the molecule is CCCCCCCCCCCCC(C)(C)OCCC(C)(CC)OS(=O)(=O)OC. The minimum atomic E-state index is -3.94. The van der Waals surface area contributed by atoms with Crippen molar-refractivity contribution in [2.24, 2.45) is 0 Å². The fraction of sp³-hybridized carbons (Fsp3) is 1.00. The molecular formula is C22H46O5S. The predicted molar refractivity (Wildman–Crippen MR) is 117 cm³/mol. The van der Waals surface area contributed by atoms with Crippen molar-refractivity contribution in [3.05, 3.63) is 0 Å². The maximum atomic E-state index is 11.6. The topological polar surface area (TPSA) is 61.8 Å². The smallest absolute Gasteiger partial charge is 0.375 e. The van der Waals surface area contributed by atoms with Crippen molar-refractivity contribution >= 4 is 10.4 Å². The Hall–Kier alpha value is -0.170. The van der Waals surface area contributed by atoms with Gasteiger partial charge < -0.3 is 4.74 Å². The van der Waals surface area contributed by atoms with Crippen LogP contribution in [0.1, 0.15) is 118 Å². The van der Waals surface area contributed by atoms with Crippen LogP contribution < -0.4 is 0 Å². The largest absolute Gasteiger partial charge is 0.400 e. The summed E-state index contributed by atoms with van der Waals surface area (Å²) in [6.45, 7) is 10.6. The summed E-state index contributed by atoms with van der Waals surface area (Å²) >= 11 is 0. The molecule has 0 heterocycles. The first-order valence-corrected chi connectivity index (χ1v) is 12.6. The number of hydrogen-bond acceptors (Lipinski definition) is 5. The first-order chi connectivity index (χ1) is 13.1. The van der Waals surface area contributed by atoms with Crippen molar-refractivity contribution in [3.8, 4) is 0 Å². The zero-order valence-corrected chi connectivity index (χ0v) is 20.2. The van der Waals surface area contributed by atoms with E-state index in [-0.39, 0.29) is 5.60 Å². The molecule has 0 amide bonds. The zero-order chi connectivity index (χ0) is 21.5. The van der Waals surface area contributed by atoms with E-state index in [2.05, 4.69) is 25.0 Å². The van der Waals surface area contributed by atoms with Crippen molar-refractivity contribution < 1.29 is 21.5 Å². The second-order valence-electron chi connectivity index (χ2n) is 8.75. The molecule has 170 valence electrons. The van der Waals surface area contributed by atoms with Gasteiger partial charge >= 0.3 is 10.4 Å². The van der Waals surface area contributed by atoms with Gasteiger partial charge in [-0.1, -0.05) is 78.1 Å². The molecule has 5 nitrogen and oxygen atoms in total. The van der Waals surface area contributed by atoms with Gasteiger partial charge in [-0.05, 0) is 33.6 Å². The Labute approximate surface area is 175 Å². The molecule has 0 aromatic rings. The molecule has 0 saturated carbocycles. The van der Waals surface area contributed by atoms with Crippen LogP contribution in [0.4, 0.5) is 0 Å². The minimum absolute atomic E-state index is 0.199. The summed E-state index contributed by atoms with van der Waals surface area (Å²) in [5.74, 6) is 0. The Kier molecular flexibility index (Phi) is 14.7. The van der Waals surface area contributed by atoms with Gasteiger partial charge in [-0.25, -0.2) is 4.18 Å². The standard InChI is InChI=1S/C22H46O5S/c1-7-9-10-11-12-13-14-15-16-17-18-21(3,4)26-20-19-22(5,8-2)27-28(23,24)25-6/h7-20H2,1-6H3. The molecule has 0 aliphatic heterocycles. The molecule has 0 bridgehead atoms. The Morgan fingerprint density at radius 2 is 1.25 bits per heavy atom. The van der Waals surface area contributed by atoms with Crippen LogP contribution in [0.3, 0.4) is 0 Å². The second-order valence-corrected chi connectivity index (χ2v) is 10.1. The van der Waals surface area contributed by atoms with E-state index in [0.29, 0.717) is 19.4 Å². The van der Waals surface area contributed by atoms with E-state index in [1.54, 1.807) is 6.92 Å². The second kappa shape index (κ2) is 14.8. The van der Waals surface area contributed by atoms with Gasteiger partial charge in [-0.2, -0.15) is 8.42 Å². The highest BCUT2D eigenvalue weighted by atomic mass is 32.3. The zero-order valence-electron chi connectivity index (χ0n) is 19.3. The van der Waals surface area contributed by atoms with Gasteiger partial charge in [0.2, 0.25) is 0 Å². The summed E-state index contributed by atoms with van der Waals surface area (Å²) in [5.41, 5.74) is -1.00. The molecule has 0 N–H and O–H groups in total. The maximum Gasteiger partial charge on any atom is 0.400 e. The Morgan fingerprint density at radius 3 is 1.71 bits per heavy atom. The van der Waals surface area contributed by atoms with Crippen LogP contribution in [-0.4, -0.2) is 33.3 Å². The van der Waals surface area contributed by atoms with E-state index in [1.807, 2.05) is 6.92 Å². The molecule has 0 aromatic heterocycles. The third-order valence-corrected chi connectivity index (χ3v) is 6.53. The molecule has 0 aromatic carbocycles. The molecular weight excluding hydrogens is 376 g/mol. The van der Waals surface area contributed by atoms with Gasteiger partial charge in [-0.15, -0.1) is 0 Å². The van der Waals surface area contributed by atoms with Crippen LogP contribution in [0, 0.1) is 0 Å². The van der Waals surface area contributed by atoms with Crippen molar-refractivity contribution in [1.82, 2.24) is 0 Å². The summed E-state index contributed by atoms with van der Waals surface area (Å²) in [6, 6.07) is 0. The van der Waals surface area contributed by atoms with Gasteiger partial charge in [0.15, 0.2) is 0 Å². The molecule has 0 radical (unpaired) electrons. The van der Waals surface area contributed by atoms with E-state index in [9.17, 15) is 8.42 Å². The van der Waals surface area contributed by atoms with Gasteiger partial charge in [0.1, 0.15) is 0 Å². The van der Waals surface area contributed by atoms with E-state index in [1.165, 1.54) is 64.2 Å². The van der Waals surface area contributed by atoms with Crippen LogP contribution in [0.2, 0.25) is 0 Å². The van der Waals surface area contributed by atoms with E-state index >= 15 is 0 Å². The fourth-order valence-electron chi connectivity index (χ4n) is 3.21. The number of rotatable bonds is 19. The van der Waals surface area contributed by atoms with E-state index < -0.39 is 16.0 Å². The average Bonchev–Trinajstić information content (AvgIpc) is 2.62. The lowest BCUT2D eigenvalue weighted by Gasteiger charge is -2.30. The summed E-state index contributed by atoms with van der Waals surface area (Å²) in [4.78, 5) is 0. The highest BCUT2D eigenvalue weighted by Gasteiger charge is 2.31. The molecule has 6 heteroatoms. The number of ether oxygens (including phenoxy) is 1. The van der Waals surface area contributed by atoms with Gasteiger partial charge in [-0.3, -0.25) is 4.18 Å². The summed E-state index contributed by atoms with van der Waals surface area (Å²) in [5, 5.41) is 0. The predicted octanol–water partition coefficient (Wildman–Crippen LogP) is 6.56. The molecule has 28 heavy (non-hydrogen) atoms. The molecule has 1 unspecified atom stereocenters. The first-order valence-electron chi connectivity index (χ1n) is 11.2. The Balaban J connectivity index is 3.92. The highest BCUT2D eigenvalue weighted by Crippen LogP contribution is 2.26. The summed E-state index contributed by atoms with van der Waals surface area (Å²) in [6.07, 6.45) is 15.4. The number of hydrogen-bond donors (Lipinski definition) is 0. The molecule has 0 rings (SSSR count). The van der Waals surface area contributed by atoms with Gasteiger partial charge in [0.25, 0.3) is 0 Å². The van der Waals surface area contributed by atoms with E-state index in [4.69, 9.17) is 8.92 Å². The highest BCUT2D eigenvalue weighted by molar-refractivity contribution is 7.81. The average molecular weight is 423 g/mol. The monoisotopic (exact) mass is 422 g/mol. The summed E-state index contributed by atoms with van der Waals surface area (Å²) < 4.78 is 38.8. The molecule has 0 aliphatic rings. The quantitative estimate of drug-likeness (QED) is 0.221. The lowest BCUT2D eigenvalue weighted by Crippen LogP contribution is -2.35. The van der Waals surface area contributed by atoms with Crippen molar-refractivity contribution in [2.75, 3.05) is 13.7 Å². The third kappa shape index (κ3) is 14.8. The Morgan fingerprint density at radius 1 is 0.750 bits per heavy atom. The normalized spacial score (nSPS) is 14.9. The number of unbranched alkanes of at least 4 members (excludes halogenated alkanes) is 9. The van der Waals surface area contributed by atoms with Gasteiger partial charge in [0, 0.05) is 6.42 Å². The molecule has 0 spiro atoms. The Bertz CT molecular complexity index is 475. The van der Waals surface area contributed by atoms with Crippen LogP contribution in [0.5, 0.6) is 0 Å². The molecule has 1 atom stereocenters. The first kappa shape index (κ1) is 27.8.